The number of thiophene rings is 2. The predicted octanol–water partition coefficient (Wildman–Crippen LogP) is 4.35. The molecule has 0 aromatic carbocycles. The molecule has 1 saturated heterocycles. The van der Waals surface area contributed by atoms with Crippen molar-refractivity contribution in [3.05, 3.63) is 43.8 Å². The Labute approximate surface area is 136 Å². The quantitative estimate of drug-likeness (QED) is 0.781. The molecular formula is C17H24N2S2. The van der Waals surface area contributed by atoms with E-state index < -0.39 is 0 Å². The second-order valence-corrected chi connectivity index (χ2v) is 8.10. The lowest BCUT2D eigenvalue weighted by Gasteiger charge is -2.15. The van der Waals surface area contributed by atoms with Crippen LogP contribution in [0.3, 0.4) is 0 Å². The molecular weight excluding hydrogens is 296 g/mol. The van der Waals surface area contributed by atoms with Crippen LogP contribution < -0.4 is 0 Å². The highest BCUT2D eigenvalue weighted by Gasteiger charge is 2.13. The van der Waals surface area contributed by atoms with Crippen molar-refractivity contribution in [2.75, 3.05) is 20.1 Å². The van der Waals surface area contributed by atoms with Crippen molar-refractivity contribution >= 4 is 22.7 Å². The molecule has 2 aromatic rings. The molecule has 0 N–H and O–H groups in total. The largest absolute Gasteiger partial charge is 0.299 e. The Morgan fingerprint density at radius 3 is 2.71 bits per heavy atom. The van der Waals surface area contributed by atoms with E-state index in [1.807, 2.05) is 22.7 Å². The lowest BCUT2D eigenvalue weighted by atomic mass is 10.2. The summed E-state index contributed by atoms with van der Waals surface area (Å²) < 4.78 is 0. The summed E-state index contributed by atoms with van der Waals surface area (Å²) in [4.78, 5) is 7.97. The van der Waals surface area contributed by atoms with Gasteiger partial charge in [0.15, 0.2) is 0 Å². The fourth-order valence-corrected chi connectivity index (χ4v) is 4.87. The summed E-state index contributed by atoms with van der Waals surface area (Å²) in [6.45, 7) is 8.03. The van der Waals surface area contributed by atoms with Gasteiger partial charge in [0.2, 0.25) is 0 Å². The highest BCUT2D eigenvalue weighted by molar-refractivity contribution is 7.10. The van der Waals surface area contributed by atoms with Crippen LogP contribution in [-0.2, 0) is 19.6 Å². The number of hydrogen-bond acceptors (Lipinski definition) is 4. The first-order valence-corrected chi connectivity index (χ1v) is 9.47. The average Bonchev–Trinajstić information content (AvgIpc) is 3.16. The molecule has 0 aliphatic carbocycles. The van der Waals surface area contributed by atoms with E-state index in [1.54, 1.807) is 0 Å². The molecule has 0 saturated carbocycles. The maximum absolute atomic E-state index is 2.57. The minimum Gasteiger partial charge on any atom is -0.299 e. The molecule has 3 heterocycles. The Balaban J connectivity index is 1.52. The molecule has 114 valence electrons. The lowest BCUT2D eigenvalue weighted by molar-refractivity contribution is 0.322. The molecule has 0 unspecified atom stereocenters. The molecule has 0 spiro atoms. The highest BCUT2D eigenvalue weighted by Crippen LogP contribution is 2.22. The molecule has 1 aliphatic rings. The van der Waals surface area contributed by atoms with E-state index in [0.717, 1.165) is 19.6 Å². The van der Waals surface area contributed by atoms with Gasteiger partial charge in [-0.1, -0.05) is 0 Å². The van der Waals surface area contributed by atoms with Crippen molar-refractivity contribution in [3.63, 3.8) is 0 Å². The van der Waals surface area contributed by atoms with Crippen molar-refractivity contribution < 1.29 is 0 Å². The Morgan fingerprint density at radius 2 is 2.00 bits per heavy atom. The standard InChI is InChI=1S/C17H24N2S2/c1-14-5-8-20-17(14)12-18(2)11-16-9-15(13-21-16)10-19-6-3-4-7-19/h5,8-9,13H,3-4,6-7,10-12H2,1-2H3. The van der Waals surface area contributed by atoms with Crippen molar-refractivity contribution in [1.82, 2.24) is 9.80 Å². The van der Waals surface area contributed by atoms with E-state index in [4.69, 9.17) is 0 Å². The van der Waals surface area contributed by atoms with Gasteiger partial charge in [-0.3, -0.25) is 9.80 Å². The first-order chi connectivity index (χ1) is 10.2. The number of nitrogens with zero attached hydrogens (tertiary/aromatic N) is 2. The minimum atomic E-state index is 1.06. The van der Waals surface area contributed by atoms with Crippen LogP contribution in [0.5, 0.6) is 0 Å². The van der Waals surface area contributed by atoms with Crippen molar-refractivity contribution in [3.8, 4) is 0 Å². The van der Waals surface area contributed by atoms with E-state index in [-0.39, 0.29) is 0 Å². The average molecular weight is 321 g/mol. The van der Waals surface area contributed by atoms with Gasteiger partial charge in [0.25, 0.3) is 0 Å². The third-order valence-electron chi connectivity index (χ3n) is 4.12. The van der Waals surface area contributed by atoms with Crippen molar-refractivity contribution in [2.24, 2.45) is 0 Å². The molecule has 0 bridgehead atoms. The van der Waals surface area contributed by atoms with Gasteiger partial charge >= 0.3 is 0 Å². The van der Waals surface area contributed by atoms with Crippen LogP contribution in [0.25, 0.3) is 0 Å². The Bertz CT molecular complexity index is 567. The van der Waals surface area contributed by atoms with Crippen LogP contribution >= 0.6 is 22.7 Å². The normalized spacial score (nSPS) is 16.1. The van der Waals surface area contributed by atoms with E-state index in [0.29, 0.717) is 0 Å². The fraction of sp³-hybridized carbons (Fsp3) is 0.529. The van der Waals surface area contributed by atoms with Gasteiger partial charge < -0.3 is 0 Å². The third kappa shape index (κ3) is 4.16. The second-order valence-electron chi connectivity index (χ2n) is 6.10. The second kappa shape index (κ2) is 7.05. The first kappa shape index (κ1) is 15.2. The zero-order chi connectivity index (χ0) is 14.7. The van der Waals surface area contributed by atoms with Crippen LogP contribution in [0.1, 0.15) is 33.7 Å². The van der Waals surface area contributed by atoms with Crippen molar-refractivity contribution in [2.45, 2.75) is 39.4 Å². The van der Waals surface area contributed by atoms with E-state index in [1.165, 1.54) is 46.8 Å². The van der Waals surface area contributed by atoms with Gasteiger partial charge in [-0.2, -0.15) is 0 Å². The third-order valence-corrected chi connectivity index (χ3v) is 6.10. The smallest absolute Gasteiger partial charge is 0.0331 e. The highest BCUT2D eigenvalue weighted by atomic mass is 32.1. The zero-order valence-corrected chi connectivity index (χ0v) is 14.6. The van der Waals surface area contributed by atoms with Crippen LogP contribution in [0.15, 0.2) is 22.9 Å². The molecule has 0 atom stereocenters. The SMILES string of the molecule is Cc1ccsc1CN(C)Cc1cc(CN2CCCC2)cs1. The predicted molar refractivity (Wildman–Crippen MR) is 93.1 cm³/mol. The number of aryl methyl sites for hydroxylation is 1. The van der Waals surface area contributed by atoms with Crippen molar-refractivity contribution in [1.29, 1.82) is 0 Å². The summed E-state index contributed by atoms with van der Waals surface area (Å²) in [5.74, 6) is 0. The lowest BCUT2D eigenvalue weighted by Crippen LogP contribution is -2.18. The molecule has 2 aromatic heterocycles. The topological polar surface area (TPSA) is 6.48 Å². The van der Waals surface area contributed by atoms with Crippen LogP contribution in [0, 0.1) is 6.92 Å². The van der Waals surface area contributed by atoms with E-state index in [9.17, 15) is 0 Å². The Morgan fingerprint density at radius 1 is 1.19 bits per heavy atom. The molecule has 0 amide bonds. The maximum Gasteiger partial charge on any atom is 0.0331 e. The molecule has 2 nitrogen and oxygen atoms in total. The Hall–Kier alpha value is -0.680. The molecule has 1 aliphatic heterocycles. The Kier molecular flexibility index (Phi) is 5.11. The zero-order valence-electron chi connectivity index (χ0n) is 13.0. The molecule has 1 fully saturated rings. The maximum atomic E-state index is 2.57. The molecule has 0 radical (unpaired) electrons. The first-order valence-electron chi connectivity index (χ1n) is 7.71. The summed E-state index contributed by atoms with van der Waals surface area (Å²) >= 11 is 3.78. The summed E-state index contributed by atoms with van der Waals surface area (Å²) in [7, 11) is 2.22. The molecule has 21 heavy (non-hydrogen) atoms. The van der Waals surface area contributed by atoms with E-state index >= 15 is 0 Å². The minimum absolute atomic E-state index is 1.06. The van der Waals surface area contributed by atoms with Crippen LogP contribution in [-0.4, -0.2) is 29.9 Å². The van der Waals surface area contributed by atoms with Gasteiger partial charge in [-0.05, 0) is 73.9 Å². The van der Waals surface area contributed by atoms with Gasteiger partial charge in [-0.15, -0.1) is 22.7 Å². The summed E-state index contributed by atoms with van der Waals surface area (Å²) in [5.41, 5.74) is 2.92. The van der Waals surface area contributed by atoms with Gasteiger partial charge in [0, 0.05) is 29.4 Å². The summed E-state index contributed by atoms with van der Waals surface area (Å²) in [6.07, 6.45) is 2.75. The van der Waals surface area contributed by atoms with Crippen LogP contribution in [0.2, 0.25) is 0 Å². The monoisotopic (exact) mass is 320 g/mol. The number of likely N-dealkylation sites (tertiary alicyclic amines) is 1. The number of rotatable bonds is 6. The van der Waals surface area contributed by atoms with Gasteiger partial charge in [0.1, 0.15) is 0 Å². The number of hydrogen-bond donors (Lipinski definition) is 0. The van der Waals surface area contributed by atoms with Crippen LogP contribution in [0.4, 0.5) is 0 Å². The summed E-state index contributed by atoms with van der Waals surface area (Å²) in [6, 6.07) is 4.62. The van der Waals surface area contributed by atoms with E-state index in [2.05, 4.69) is 46.7 Å². The molecule has 4 heteroatoms. The summed E-state index contributed by atoms with van der Waals surface area (Å²) in [5, 5.41) is 4.54. The van der Waals surface area contributed by atoms with Gasteiger partial charge in [0.05, 0.1) is 0 Å². The molecule has 3 rings (SSSR count). The van der Waals surface area contributed by atoms with Gasteiger partial charge in [-0.25, -0.2) is 0 Å². The fourth-order valence-electron chi connectivity index (χ4n) is 2.92.